The molecular weight excluding hydrogens is 284 g/mol. The molecule has 1 saturated heterocycles. The summed E-state index contributed by atoms with van der Waals surface area (Å²) in [5.41, 5.74) is 0. The van der Waals surface area contributed by atoms with Crippen LogP contribution >= 0.6 is 12.4 Å². The van der Waals surface area contributed by atoms with Gasteiger partial charge in [-0.15, -0.1) is 12.4 Å². The second-order valence-corrected chi connectivity index (χ2v) is 7.83. The number of rotatable bonds is 4. The monoisotopic (exact) mass is 312 g/mol. The molecule has 0 radical (unpaired) electrons. The maximum atomic E-state index is 12.6. The third-order valence-corrected chi connectivity index (χ3v) is 6.48. The molecule has 1 heterocycles. The van der Waals surface area contributed by atoms with Gasteiger partial charge in [-0.3, -0.25) is 4.79 Å². The Morgan fingerprint density at radius 2 is 1.71 bits per heavy atom. The van der Waals surface area contributed by atoms with Crippen molar-refractivity contribution in [1.29, 1.82) is 0 Å². The molecular formula is C17H29ClN2O. The van der Waals surface area contributed by atoms with Gasteiger partial charge in [0, 0.05) is 18.5 Å². The van der Waals surface area contributed by atoms with Gasteiger partial charge in [0.1, 0.15) is 0 Å². The van der Waals surface area contributed by atoms with Gasteiger partial charge in [-0.1, -0.05) is 0 Å². The summed E-state index contributed by atoms with van der Waals surface area (Å²) in [7, 11) is 0. The van der Waals surface area contributed by atoms with Gasteiger partial charge < -0.3 is 10.6 Å². The predicted octanol–water partition coefficient (Wildman–Crippen LogP) is 2.74. The lowest BCUT2D eigenvalue weighted by Crippen LogP contribution is -2.51. The van der Waals surface area contributed by atoms with Crippen molar-refractivity contribution in [3.63, 3.8) is 0 Å². The van der Waals surface area contributed by atoms with Gasteiger partial charge in [-0.25, -0.2) is 0 Å². The molecule has 0 unspecified atom stereocenters. The van der Waals surface area contributed by atoms with Crippen LogP contribution in [0.3, 0.4) is 0 Å². The van der Waals surface area contributed by atoms with E-state index in [9.17, 15) is 4.79 Å². The fourth-order valence-corrected chi connectivity index (χ4v) is 5.84. The van der Waals surface area contributed by atoms with Gasteiger partial charge >= 0.3 is 0 Å². The zero-order valence-corrected chi connectivity index (χ0v) is 13.7. The van der Waals surface area contributed by atoms with E-state index in [1.165, 1.54) is 44.9 Å². The van der Waals surface area contributed by atoms with Crippen molar-refractivity contribution in [3.05, 3.63) is 0 Å². The van der Waals surface area contributed by atoms with E-state index in [2.05, 4.69) is 10.6 Å². The molecule has 0 aromatic heterocycles. The zero-order chi connectivity index (χ0) is 13.5. The summed E-state index contributed by atoms with van der Waals surface area (Å²) < 4.78 is 0. The Balaban J connectivity index is 0.00000132. The number of amides is 1. The van der Waals surface area contributed by atoms with Crippen LogP contribution < -0.4 is 10.6 Å². The highest BCUT2D eigenvalue weighted by atomic mass is 35.5. The molecule has 1 amide bonds. The molecule has 4 saturated carbocycles. The van der Waals surface area contributed by atoms with Gasteiger partial charge in [0.05, 0.1) is 0 Å². The summed E-state index contributed by atoms with van der Waals surface area (Å²) >= 11 is 0. The van der Waals surface area contributed by atoms with E-state index in [0.29, 0.717) is 17.9 Å². The van der Waals surface area contributed by atoms with Crippen molar-refractivity contribution in [3.8, 4) is 0 Å². The number of hydrogen-bond donors (Lipinski definition) is 2. The number of nitrogens with one attached hydrogen (secondary N) is 2. The lowest BCUT2D eigenvalue weighted by atomic mass is 9.51. The Morgan fingerprint density at radius 3 is 2.29 bits per heavy atom. The van der Waals surface area contributed by atoms with Gasteiger partial charge in [0.2, 0.25) is 5.91 Å². The van der Waals surface area contributed by atoms with Crippen molar-refractivity contribution in [1.82, 2.24) is 10.6 Å². The van der Waals surface area contributed by atoms with E-state index >= 15 is 0 Å². The quantitative estimate of drug-likeness (QED) is 0.838. The summed E-state index contributed by atoms with van der Waals surface area (Å²) in [5, 5.41) is 6.77. The van der Waals surface area contributed by atoms with Crippen LogP contribution in [0.25, 0.3) is 0 Å². The Bertz CT molecular complexity index is 353. The van der Waals surface area contributed by atoms with E-state index in [0.717, 1.165) is 43.2 Å². The largest absolute Gasteiger partial charge is 0.356 e. The maximum Gasteiger partial charge on any atom is 0.223 e. The van der Waals surface area contributed by atoms with Crippen LogP contribution in [0.1, 0.15) is 51.4 Å². The molecule has 1 atom stereocenters. The van der Waals surface area contributed by atoms with Crippen LogP contribution in [0.2, 0.25) is 0 Å². The Labute approximate surface area is 134 Å². The molecule has 0 aromatic carbocycles. The van der Waals surface area contributed by atoms with Crippen LogP contribution in [0.15, 0.2) is 0 Å². The first-order chi connectivity index (χ1) is 9.79. The van der Waals surface area contributed by atoms with E-state index < -0.39 is 0 Å². The van der Waals surface area contributed by atoms with Gasteiger partial charge in [-0.2, -0.15) is 0 Å². The molecule has 4 bridgehead atoms. The second kappa shape index (κ2) is 6.45. The van der Waals surface area contributed by atoms with Crippen LogP contribution in [-0.4, -0.2) is 25.0 Å². The minimum absolute atomic E-state index is 0. The minimum Gasteiger partial charge on any atom is -0.356 e. The number of halogens is 1. The lowest BCUT2D eigenvalue weighted by molar-refractivity contribution is -0.138. The van der Waals surface area contributed by atoms with Crippen LogP contribution in [0.5, 0.6) is 0 Å². The van der Waals surface area contributed by atoms with Crippen LogP contribution in [0.4, 0.5) is 0 Å². The SMILES string of the molecule is Cl.O=C(NCC[C@H]1CCCN1)C1C2CC3CC(C2)CC1C3. The fraction of sp³-hybridized carbons (Fsp3) is 0.941. The molecule has 5 aliphatic rings. The highest BCUT2D eigenvalue weighted by molar-refractivity contribution is 5.85. The number of carbonyl (C=O) groups is 1. The second-order valence-electron chi connectivity index (χ2n) is 7.83. The summed E-state index contributed by atoms with van der Waals surface area (Å²) in [4.78, 5) is 12.6. The molecule has 0 aromatic rings. The number of hydrogen-bond acceptors (Lipinski definition) is 2. The Morgan fingerprint density at radius 1 is 1.05 bits per heavy atom. The zero-order valence-electron chi connectivity index (χ0n) is 12.9. The first-order valence-electron chi connectivity index (χ1n) is 8.80. The average Bonchev–Trinajstić information content (AvgIpc) is 2.90. The van der Waals surface area contributed by atoms with E-state index in [-0.39, 0.29) is 12.4 Å². The summed E-state index contributed by atoms with van der Waals surface area (Å²) in [6.07, 6.45) is 10.5. The van der Waals surface area contributed by atoms with E-state index in [1.54, 1.807) is 0 Å². The van der Waals surface area contributed by atoms with Crippen molar-refractivity contribution in [2.45, 2.75) is 57.4 Å². The molecule has 3 nitrogen and oxygen atoms in total. The summed E-state index contributed by atoms with van der Waals surface area (Å²) in [5.74, 6) is 4.11. The molecule has 0 spiro atoms. The first kappa shape index (κ1) is 15.6. The van der Waals surface area contributed by atoms with Crippen molar-refractivity contribution in [2.24, 2.45) is 29.6 Å². The Hall–Kier alpha value is -0.280. The maximum absolute atomic E-state index is 12.6. The molecule has 5 fully saturated rings. The van der Waals surface area contributed by atoms with E-state index in [1.807, 2.05) is 0 Å². The highest BCUT2D eigenvalue weighted by Crippen LogP contribution is 2.56. The van der Waals surface area contributed by atoms with Crippen molar-refractivity contribution < 1.29 is 4.79 Å². The van der Waals surface area contributed by atoms with Crippen LogP contribution in [-0.2, 0) is 4.79 Å². The third-order valence-electron chi connectivity index (χ3n) is 6.48. The Kier molecular flexibility index (Phi) is 4.80. The molecule has 120 valence electrons. The molecule has 4 aliphatic carbocycles. The third kappa shape index (κ3) is 3.10. The van der Waals surface area contributed by atoms with Crippen molar-refractivity contribution >= 4 is 18.3 Å². The highest BCUT2D eigenvalue weighted by Gasteiger charge is 2.50. The van der Waals surface area contributed by atoms with Gasteiger partial charge in [0.15, 0.2) is 0 Å². The minimum atomic E-state index is 0. The van der Waals surface area contributed by atoms with Gasteiger partial charge in [0.25, 0.3) is 0 Å². The predicted molar refractivity (Wildman–Crippen MR) is 86.4 cm³/mol. The standard InChI is InChI=1S/C17H28N2O.ClH/c20-17(19-5-3-15-2-1-4-18-15)16-13-7-11-6-12(9-13)10-14(16)8-11;/h11-16,18H,1-10H2,(H,19,20);1H/t11?,12?,13?,14?,15-,16?;/m1./s1. The summed E-state index contributed by atoms with van der Waals surface area (Å²) in [6.45, 7) is 2.04. The normalized spacial score (nSPS) is 43.6. The molecule has 4 heteroatoms. The van der Waals surface area contributed by atoms with Crippen LogP contribution in [0, 0.1) is 29.6 Å². The number of carbonyl (C=O) groups excluding carboxylic acids is 1. The molecule has 5 rings (SSSR count). The van der Waals surface area contributed by atoms with E-state index in [4.69, 9.17) is 0 Å². The molecule has 1 aliphatic heterocycles. The molecule has 21 heavy (non-hydrogen) atoms. The topological polar surface area (TPSA) is 41.1 Å². The van der Waals surface area contributed by atoms with Gasteiger partial charge in [-0.05, 0) is 81.6 Å². The van der Waals surface area contributed by atoms with Crippen molar-refractivity contribution in [2.75, 3.05) is 13.1 Å². The fourth-order valence-electron chi connectivity index (χ4n) is 5.84. The summed E-state index contributed by atoms with van der Waals surface area (Å²) in [6, 6.07) is 0.647. The lowest BCUT2D eigenvalue weighted by Gasteiger charge is -2.53. The first-order valence-corrected chi connectivity index (χ1v) is 8.80. The average molecular weight is 313 g/mol. The smallest absolute Gasteiger partial charge is 0.223 e. The molecule has 2 N–H and O–H groups in total.